The van der Waals surface area contributed by atoms with Gasteiger partial charge < -0.3 is 18.6 Å². The standard InChI is InChI=1S/C26H27NO5/c1-3-30-25(28)7-5-4-6-14-31-22-11-10-18-15-20(9-8-19(18)16-22)26-27-23-13-12-21(29-2)17-24(23)32-26/h8-13,15-17H,3-7,14H2,1-2H3. The molecular formula is C26H27NO5. The van der Waals surface area contributed by atoms with Gasteiger partial charge in [0.1, 0.15) is 17.0 Å². The summed E-state index contributed by atoms with van der Waals surface area (Å²) >= 11 is 0. The molecule has 0 spiro atoms. The van der Waals surface area contributed by atoms with Gasteiger partial charge >= 0.3 is 5.97 Å². The number of methoxy groups -OCH3 is 1. The average Bonchev–Trinajstić information content (AvgIpc) is 3.24. The highest BCUT2D eigenvalue weighted by molar-refractivity contribution is 5.88. The maximum Gasteiger partial charge on any atom is 0.305 e. The van der Waals surface area contributed by atoms with E-state index in [1.54, 1.807) is 7.11 Å². The van der Waals surface area contributed by atoms with Gasteiger partial charge in [-0.15, -0.1) is 0 Å². The molecule has 0 bridgehead atoms. The Kier molecular flexibility index (Phi) is 6.90. The van der Waals surface area contributed by atoms with Gasteiger partial charge in [0.25, 0.3) is 0 Å². The summed E-state index contributed by atoms with van der Waals surface area (Å²) in [7, 11) is 1.63. The van der Waals surface area contributed by atoms with E-state index in [-0.39, 0.29) is 5.97 Å². The first-order valence-corrected chi connectivity index (χ1v) is 10.9. The van der Waals surface area contributed by atoms with Gasteiger partial charge in [-0.2, -0.15) is 0 Å². The van der Waals surface area contributed by atoms with Crippen molar-refractivity contribution in [1.82, 2.24) is 4.98 Å². The zero-order chi connectivity index (χ0) is 22.3. The zero-order valence-corrected chi connectivity index (χ0v) is 18.4. The molecule has 0 aliphatic rings. The summed E-state index contributed by atoms with van der Waals surface area (Å²) in [4.78, 5) is 15.9. The molecule has 0 atom stereocenters. The van der Waals surface area contributed by atoms with E-state index in [9.17, 15) is 4.79 Å². The highest BCUT2D eigenvalue weighted by Gasteiger charge is 2.10. The first-order chi connectivity index (χ1) is 15.7. The number of oxazole rings is 1. The molecule has 0 aliphatic carbocycles. The molecule has 0 saturated carbocycles. The zero-order valence-electron chi connectivity index (χ0n) is 18.4. The number of nitrogens with zero attached hydrogens (tertiary/aromatic N) is 1. The molecule has 6 nitrogen and oxygen atoms in total. The number of carbonyl (C=O) groups is 1. The molecule has 1 aromatic heterocycles. The Morgan fingerprint density at radius 2 is 1.75 bits per heavy atom. The van der Waals surface area contributed by atoms with Crippen LogP contribution in [0.1, 0.15) is 32.6 Å². The van der Waals surface area contributed by atoms with Gasteiger partial charge in [-0.05, 0) is 73.4 Å². The van der Waals surface area contributed by atoms with Crippen LogP contribution in [0.15, 0.2) is 59.0 Å². The molecule has 1 heterocycles. The van der Waals surface area contributed by atoms with E-state index >= 15 is 0 Å². The molecule has 166 valence electrons. The van der Waals surface area contributed by atoms with Crippen LogP contribution in [0.4, 0.5) is 0 Å². The highest BCUT2D eigenvalue weighted by Crippen LogP contribution is 2.30. The highest BCUT2D eigenvalue weighted by atomic mass is 16.5. The Labute approximate surface area is 187 Å². The smallest absolute Gasteiger partial charge is 0.305 e. The molecular weight excluding hydrogens is 406 g/mol. The lowest BCUT2D eigenvalue weighted by Gasteiger charge is -2.08. The minimum atomic E-state index is -0.125. The number of hydrogen-bond donors (Lipinski definition) is 0. The summed E-state index contributed by atoms with van der Waals surface area (Å²) in [6, 6.07) is 17.8. The van der Waals surface area contributed by atoms with E-state index in [0.29, 0.717) is 31.1 Å². The Hall–Kier alpha value is -3.54. The van der Waals surface area contributed by atoms with Crippen LogP contribution in [0.5, 0.6) is 11.5 Å². The number of hydrogen-bond acceptors (Lipinski definition) is 6. The monoisotopic (exact) mass is 433 g/mol. The van der Waals surface area contributed by atoms with Gasteiger partial charge in [0.05, 0.1) is 20.3 Å². The van der Waals surface area contributed by atoms with Gasteiger partial charge in [-0.3, -0.25) is 4.79 Å². The summed E-state index contributed by atoms with van der Waals surface area (Å²) in [5.74, 6) is 2.04. The van der Waals surface area contributed by atoms with Crippen molar-refractivity contribution in [2.24, 2.45) is 0 Å². The van der Waals surface area contributed by atoms with E-state index in [1.165, 1.54) is 0 Å². The first-order valence-electron chi connectivity index (χ1n) is 10.9. The molecule has 3 aromatic carbocycles. The number of unbranched alkanes of at least 4 members (excludes halogenated alkanes) is 2. The van der Waals surface area contributed by atoms with Crippen LogP contribution in [0.3, 0.4) is 0 Å². The Balaban J connectivity index is 1.37. The summed E-state index contributed by atoms with van der Waals surface area (Å²) in [6.45, 7) is 2.89. The number of esters is 1. The number of aromatic nitrogens is 1. The molecule has 4 aromatic rings. The molecule has 4 rings (SSSR count). The number of fused-ring (bicyclic) bond motifs is 2. The van der Waals surface area contributed by atoms with E-state index < -0.39 is 0 Å². The number of ether oxygens (including phenoxy) is 3. The fraction of sp³-hybridized carbons (Fsp3) is 0.308. The second-order valence-corrected chi connectivity index (χ2v) is 7.54. The van der Waals surface area contributed by atoms with Crippen LogP contribution in [0.2, 0.25) is 0 Å². The Morgan fingerprint density at radius 3 is 2.59 bits per heavy atom. The lowest BCUT2D eigenvalue weighted by Crippen LogP contribution is -2.04. The van der Waals surface area contributed by atoms with E-state index in [2.05, 4.69) is 11.1 Å². The lowest BCUT2D eigenvalue weighted by atomic mass is 10.1. The molecule has 0 saturated heterocycles. The van der Waals surface area contributed by atoms with Crippen LogP contribution in [-0.4, -0.2) is 31.3 Å². The predicted octanol–water partition coefficient (Wildman–Crippen LogP) is 6.16. The fourth-order valence-corrected chi connectivity index (χ4v) is 3.57. The van der Waals surface area contributed by atoms with Crippen molar-refractivity contribution >= 4 is 27.8 Å². The van der Waals surface area contributed by atoms with Gasteiger partial charge in [0.15, 0.2) is 5.58 Å². The molecule has 0 radical (unpaired) electrons. The molecule has 6 heteroatoms. The molecule has 0 amide bonds. The third-order valence-electron chi connectivity index (χ3n) is 5.25. The van der Waals surface area contributed by atoms with Crippen LogP contribution in [-0.2, 0) is 9.53 Å². The van der Waals surface area contributed by atoms with Crippen molar-refractivity contribution in [2.75, 3.05) is 20.3 Å². The number of carbonyl (C=O) groups excluding carboxylic acids is 1. The third kappa shape index (κ3) is 5.19. The average molecular weight is 434 g/mol. The fourth-order valence-electron chi connectivity index (χ4n) is 3.57. The summed E-state index contributed by atoms with van der Waals surface area (Å²) in [5.41, 5.74) is 2.42. The second kappa shape index (κ2) is 10.2. The molecule has 0 unspecified atom stereocenters. The van der Waals surface area contributed by atoms with Crippen molar-refractivity contribution in [3.63, 3.8) is 0 Å². The lowest BCUT2D eigenvalue weighted by molar-refractivity contribution is -0.143. The molecule has 0 fully saturated rings. The normalized spacial score (nSPS) is 11.1. The first kappa shape index (κ1) is 21.7. The summed E-state index contributed by atoms with van der Waals surface area (Å²) < 4.78 is 22.0. The van der Waals surface area contributed by atoms with Crippen molar-refractivity contribution in [3.05, 3.63) is 54.6 Å². The maximum absolute atomic E-state index is 11.3. The van der Waals surface area contributed by atoms with Crippen LogP contribution in [0, 0.1) is 0 Å². The largest absolute Gasteiger partial charge is 0.497 e. The number of benzene rings is 3. The Bertz CT molecular complexity index is 1210. The van der Waals surface area contributed by atoms with Crippen LogP contribution in [0.25, 0.3) is 33.3 Å². The maximum atomic E-state index is 11.3. The SMILES string of the molecule is CCOC(=O)CCCCCOc1ccc2cc(-c3nc4ccc(OC)cc4o3)ccc2c1. The second-order valence-electron chi connectivity index (χ2n) is 7.54. The van der Waals surface area contributed by atoms with Crippen LogP contribution >= 0.6 is 0 Å². The van der Waals surface area contributed by atoms with Gasteiger partial charge in [0, 0.05) is 18.1 Å². The van der Waals surface area contributed by atoms with E-state index in [4.69, 9.17) is 18.6 Å². The van der Waals surface area contributed by atoms with E-state index in [1.807, 2.05) is 55.5 Å². The van der Waals surface area contributed by atoms with Crippen molar-refractivity contribution in [1.29, 1.82) is 0 Å². The topological polar surface area (TPSA) is 70.8 Å². The van der Waals surface area contributed by atoms with Crippen molar-refractivity contribution < 1.29 is 23.4 Å². The molecule has 32 heavy (non-hydrogen) atoms. The quantitative estimate of drug-likeness (QED) is 0.220. The van der Waals surface area contributed by atoms with E-state index in [0.717, 1.165) is 52.6 Å². The van der Waals surface area contributed by atoms with Gasteiger partial charge in [-0.1, -0.05) is 12.1 Å². The van der Waals surface area contributed by atoms with Crippen molar-refractivity contribution in [3.8, 4) is 23.0 Å². The third-order valence-corrected chi connectivity index (χ3v) is 5.25. The van der Waals surface area contributed by atoms with Crippen LogP contribution < -0.4 is 9.47 Å². The number of rotatable bonds is 10. The minimum Gasteiger partial charge on any atom is -0.497 e. The molecule has 0 N–H and O–H groups in total. The predicted molar refractivity (Wildman–Crippen MR) is 124 cm³/mol. The van der Waals surface area contributed by atoms with Crippen molar-refractivity contribution in [2.45, 2.75) is 32.6 Å². The summed E-state index contributed by atoms with van der Waals surface area (Å²) in [5, 5.41) is 2.18. The Morgan fingerprint density at radius 1 is 0.938 bits per heavy atom. The van der Waals surface area contributed by atoms with Gasteiger partial charge in [-0.25, -0.2) is 4.98 Å². The minimum absolute atomic E-state index is 0.125. The molecule has 0 aliphatic heterocycles. The van der Waals surface area contributed by atoms with Gasteiger partial charge in [0.2, 0.25) is 5.89 Å². The summed E-state index contributed by atoms with van der Waals surface area (Å²) in [6.07, 6.45) is 3.14.